The Morgan fingerprint density at radius 2 is 1.79 bits per heavy atom. The number of nitrogens with one attached hydrogen (secondary N) is 1. The Kier molecular flexibility index (Phi) is 9.44. The van der Waals surface area contributed by atoms with Crippen molar-refractivity contribution in [3.05, 3.63) is 29.6 Å². The van der Waals surface area contributed by atoms with Crippen LogP contribution in [-0.4, -0.2) is 60.0 Å². The number of ether oxygens (including phenoxy) is 2. The van der Waals surface area contributed by atoms with Crippen molar-refractivity contribution in [2.75, 3.05) is 37.5 Å². The number of carboxylic acids is 1. The summed E-state index contributed by atoms with van der Waals surface area (Å²) in [6, 6.07) is 5.36. The highest BCUT2D eigenvalue weighted by atomic mass is 32.1. The van der Waals surface area contributed by atoms with E-state index in [2.05, 4.69) is 14.7 Å². The summed E-state index contributed by atoms with van der Waals surface area (Å²) in [6.45, 7) is 6.57. The Hall–Kier alpha value is -2.44. The predicted octanol–water partition coefficient (Wildman–Crippen LogP) is 4.75. The summed E-state index contributed by atoms with van der Waals surface area (Å²) >= 11 is 0.599. The second-order valence-electron chi connectivity index (χ2n) is 7.82. The van der Waals surface area contributed by atoms with Crippen molar-refractivity contribution in [2.45, 2.75) is 51.5 Å². The van der Waals surface area contributed by atoms with Crippen LogP contribution < -0.4 is 10.2 Å². The van der Waals surface area contributed by atoms with Gasteiger partial charge in [-0.15, -0.1) is 0 Å². The van der Waals surface area contributed by atoms with Gasteiger partial charge in [0.25, 0.3) is 0 Å². The number of nitrogens with zero attached hydrogens (tertiary/aromatic N) is 3. The molecule has 0 aliphatic heterocycles. The van der Waals surface area contributed by atoms with Gasteiger partial charge in [-0.3, -0.25) is 4.79 Å². The van der Waals surface area contributed by atoms with Gasteiger partial charge in [-0.05, 0) is 37.5 Å². The largest absolute Gasteiger partial charge is 0.481 e. The molecule has 3 atom stereocenters. The fraction of sp³-hybridized carbons (Fsp3) is 0.571. The molecule has 1 aromatic carbocycles. The second kappa shape index (κ2) is 11.6. The summed E-state index contributed by atoms with van der Waals surface area (Å²) in [6.07, 6.45) is -5.00. The Labute approximate surface area is 194 Å². The molecule has 184 valence electrons. The first-order chi connectivity index (χ1) is 15.4. The highest BCUT2D eigenvalue weighted by Crippen LogP contribution is 2.35. The number of rotatable bonds is 12. The predicted molar refractivity (Wildman–Crippen MR) is 120 cm³/mol. The van der Waals surface area contributed by atoms with E-state index in [1.165, 1.54) is 0 Å². The number of halogens is 3. The number of hydrogen-bond donors (Lipinski definition) is 2. The zero-order valence-electron chi connectivity index (χ0n) is 19.1. The Bertz CT molecular complexity index is 913. The second-order valence-corrected chi connectivity index (χ2v) is 8.57. The van der Waals surface area contributed by atoms with E-state index in [1.807, 2.05) is 30.9 Å². The van der Waals surface area contributed by atoms with E-state index in [1.54, 1.807) is 27.2 Å². The van der Waals surface area contributed by atoms with Crippen molar-refractivity contribution in [3.63, 3.8) is 0 Å². The highest BCUT2D eigenvalue weighted by Gasteiger charge is 2.36. The molecule has 2 N–H and O–H groups in total. The van der Waals surface area contributed by atoms with E-state index in [0.29, 0.717) is 36.0 Å². The first kappa shape index (κ1) is 26.8. The van der Waals surface area contributed by atoms with Crippen LogP contribution in [0.15, 0.2) is 18.2 Å². The molecule has 0 spiro atoms. The molecular formula is C21H29F3N4O4S. The monoisotopic (exact) mass is 490 g/mol. The molecule has 2 aromatic rings. The van der Waals surface area contributed by atoms with E-state index in [4.69, 9.17) is 14.6 Å². The molecule has 0 saturated heterocycles. The number of carbonyl (C=O) groups is 1. The van der Waals surface area contributed by atoms with Crippen LogP contribution in [0.2, 0.25) is 0 Å². The van der Waals surface area contributed by atoms with Gasteiger partial charge in [-0.2, -0.15) is 22.5 Å². The van der Waals surface area contributed by atoms with Gasteiger partial charge in [0.1, 0.15) is 0 Å². The van der Waals surface area contributed by atoms with E-state index >= 15 is 0 Å². The SMILES string of the molecule is CO[C@H](C)CN(C[C@@H](C)OC)c1ccc([C@H](C)CC(=O)O)cc1Nc1nc(C(F)(F)F)ns1. The van der Waals surface area contributed by atoms with Gasteiger partial charge in [-0.1, -0.05) is 13.0 Å². The van der Waals surface area contributed by atoms with Crippen LogP contribution in [0.3, 0.4) is 0 Å². The van der Waals surface area contributed by atoms with Crippen LogP contribution in [0.1, 0.15) is 44.5 Å². The summed E-state index contributed by atoms with van der Waals surface area (Å²) in [4.78, 5) is 16.7. The average Bonchev–Trinajstić information content (AvgIpc) is 3.21. The lowest BCUT2D eigenvalue weighted by molar-refractivity contribution is -0.144. The van der Waals surface area contributed by atoms with Crippen molar-refractivity contribution >= 4 is 34.0 Å². The number of alkyl halides is 3. The minimum Gasteiger partial charge on any atom is -0.481 e. The number of benzene rings is 1. The molecule has 12 heteroatoms. The maximum atomic E-state index is 13.0. The topological polar surface area (TPSA) is 96.8 Å². The van der Waals surface area contributed by atoms with Gasteiger partial charge in [-0.25, -0.2) is 0 Å². The van der Waals surface area contributed by atoms with E-state index in [9.17, 15) is 18.0 Å². The molecule has 8 nitrogen and oxygen atoms in total. The summed E-state index contributed by atoms with van der Waals surface area (Å²) < 4.78 is 53.1. The summed E-state index contributed by atoms with van der Waals surface area (Å²) in [5.74, 6) is -2.46. The molecule has 0 saturated carbocycles. The molecule has 0 fully saturated rings. The van der Waals surface area contributed by atoms with E-state index in [0.717, 1.165) is 5.56 Å². The number of carboxylic acid groups (broad SMARTS) is 1. The van der Waals surface area contributed by atoms with Crippen LogP contribution in [0.25, 0.3) is 0 Å². The van der Waals surface area contributed by atoms with Gasteiger partial charge in [0, 0.05) is 38.8 Å². The van der Waals surface area contributed by atoms with Crippen molar-refractivity contribution in [3.8, 4) is 0 Å². The first-order valence-corrected chi connectivity index (χ1v) is 11.1. The third-order valence-corrected chi connectivity index (χ3v) is 5.72. The molecule has 2 rings (SSSR count). The lowest BCUT2D eigenvalue weighted by Crippen LogP contribution is -2.38. The van der Waals surface area contributed by atoms with Gasteiger partial charge >= 0.3 is 12.1 Å². The van der Waals surface area contributed by atoms with Crippen LogP contribution in [-0.2, 0) is 20.4 Å². The number of methoxy groups -OCH3 is 2. The standard InChI is InChI=1S/C21H29F3N4O4S/c1-12(8-18(29)30)15-6-7-17(28(10-13(2)31-4)11-14(3)32-5)16(9-15)25-20-26-19(27-33-20)21(22,23)24/h6-7,9,12-14H,8,10-11H2,1-5H3,(H,29,30)(H,25,26,27)/t12-,13-,14-/m1/s1. The number of aliphatic carboxylic acids is 1. The van der Waals surface area contributed by atoms with Crippen molar-refractivity contribution in [2.24, 2.45) is 0 Å². The minimum atomic E-state index is -4.65. The van der Waals surface area contributed by atoms with Gasteiger partial charge < -0.3 is 24.8 Å². The van der Waals surface area contributed by atoms with Crippen LogP contribution >= 0.6 is 11.5 Å². The number of hydrogen-bond acceptors (Lipinski definition) is 8. The van der Waals surface area contributed by atoms with Crippen molar-refractivity contribution < 1.29 is 32.5 Å². The molecule has 0 bridgehead atoms. The Balaban J connectivity index is 2.49. The molecular weight excluding hydrogens is 461 g/mol. The normalized spacial score (nSPS) is 14.5. The first-order valence-electron chi connectivity index (χ1n) is 10.3. The molecule has 1 aromatic heterocycles. The quantitative estimate of drug-likeness (QED) is 0.440. The molecule has 0 unspecified atom stereocenters. The molecule has 1 heterocycles. The fourth-order valence-corrected chi connectivity index (χ4v) is 3.76. The van der Waals surface area contributed by atoms with Gasteiger partial charge in [0.15, 0.2) is 0 Å². The lowest BCUT2D eigenvalue weighted by atomic mass is 9.96. The Morgan fingerprint density at radius 1 is 1.18 bits per heavy atom. The van der Waals surface area contributed by atoms with Crippen LogP contribution in [0, 0.1) is 0 Å². The summed E-state index contributed by atoms with van der Waals surface area (Å²) in [5, 5.41) is 12.1. The van der Waals surface area contributed by atoms with E-state index in [-0.39, 0.29) is 29.7 Å². The minimum absolute atomic E-state index is 0.0221. The van der Waals surface area contributed by atoms with E-state index < -0.39 is 18.0 Å². The fourth-order valence-electron chi connectivity index (χ4n) is 3.16. The smallest absolute Gasteiger partial charge is 0.452 e. The third-order valence-electron chi connectivity index (χ3n) is 5.09. The highest BCUT2D eigenvalue weighted by molar-refractivity contribution is 7.09. The van der Waals surface area contributed by atoms with Crippen LogP contribution in [0.4, 0.5) is 29.7 Å². The molecule has 0 aliphatic rings. The van der Waals surface area contributed by atoms with Crippen molar-refractivity contribution in [1.29, 1.82) is 0 Å². The zero-order chi connectivity index (χ0) is 24.8. The lowest BCUT2D eigenvalue weighted by Gasteiger charge is -2.31. The number of aromatic nitrogens is 2. The summed E-state index contributed by atoms with van der Waals surface area (Å²) in [7, 11) is 3.19. The van der Waals surface area contributed by atoms with Crippen LogP contribution in [0.5, 0.6) is 0 Å². The number of anilines is 3. The maximum absolute atomic E-state index is 13.0. The molecule has 33 heavy (non-hydrogen) atoms. The molecule has 0 amide bonds. The zero-order valence-corrected chi connectivity index (χ0v) is 20.0. The van der Waals surface area contributed by atoms with Gasteiger partial charge in [0.05, 0.1) is 30.0 Å². The summed E-state index contributed by atoms with van der Waals surface area (Å²) in [5.41, 5.74) is 1.91. The molecule has 0 radical (unpaired) electrons. The Morgan fingerprint density at radius 3 is 2.27 bits per heavy atom. The van der Waals surface area contributed by atoms with Gasteiger partial charge in [0.2, 0.25) is 11.0 Å². The molecule has 0 aliphatic carbocycles. The average molecular weight is 491 g/mol. The third kappa shape index (κ3) is 7.83. The maximum Gasteiger partial charge on any atom is 0.452 e. The van der Waals surface area contributed by atoms with Crippen molar-refractivity contribution in [1.82, 2.24) is 9.36 Å².